The number of ether oxygens (including phenoxy) is 2. The van der Waals surface area contributed by atoms with E-state index in [2.05, 4.69) is 15.4 Å². The first-order valence-electron chi connectivity index (χ1n) is 4.00. The van der Waals surface area contributed by atoms with Crippen LogP contribution in [0.1, 0.15) is 26.2 Å². The molecular formula is C9H13O3. The van der Waals surface area contributed by atoms with Gasteiger partial charge in [-0.3, -0.25) is 0 Å². The third-order valence-electron chi connectivity index (χ3n) is 1.18. The summed E-state index contributed by atoms with van der Waals surface area (Å²) in [5.74, 6) is 2.26. The summed E-state index contributed by atoms with van der Waals surface area (Å²) in [7, 11) is 0. The van der Waals surface area contributed by atoms with Crippen LogP contribution in [0.5, 0.6) is 0 Å². The van der Waals surface area contributed by atoms with Gasteiger partial charge in [-0.15, -0.1) is 0 Å². The second kappa shape index (κ2) is 7.93. The summed E-state index contributed by atoms with van der Waals surface area (Å²) < 4.78 is 9.21. The van der Waals surface area contributed by atoms with E-state index >= 15 is 0 Å². The average Bonchev–Trinajstić information content (AvgIpc) is 2.05. The number of unbranched alkanes of at least 4 members (excludes halogenated alkanes) is 2. The van der Waals surface area contributed by atoms with E-state index in [9.17, 15) is 4.79 Å². The lowest BCUT2D eigenvalue weighted by Gasteiger charge is -2.02. The Bertz CT molecular complexity index is 158. The lowest BCUT2D eigenvalue weighted by Crippen LogP contribution is -2.07. The summed E-state index contributed by atoms with van der Waals surface area (Å²) in [4.78, 5) is 10.6. The predicted molar refractivity (Wildman–Crippen MR) is 44.0 cm³/mol. The number of carbonyl (C=O) groups excluding carboxylic acids is 1. The van der Waals surface area contributed by atoms with E-state index in [1.807, 2.05) is 0 Å². The van der Waals surface area contributed by atoms with Crippen molar-refractivity contribution in [3.05, 3.63) is 6.42 Å². The lowest BCUT2D eigenvalue weighted by atomic mass is 10.2. The summed E-state index contributed by atoms with van der Waals surface area (Å²) in [6.07, 6.45) is 8.19. The molecule has 0 bridgehead atoms. The molecule has 3 nitrogen and oxygen atoms in total. The Hall–Kier alpha value is -1.17. The van der Waals surface area contributed by atoms with Crippen molar-refractivity contribution in [2.75, 3.05) is 13.2 Å². The van der Waals surface area contributed by atoms with Gasteiger partial charge in [-0.1, -0.05) is 5.92 Å². The maximum Gasteiger partial charge on any atom is 0.508 e. The highest BCUT2D eigenvalue weighted by Gasteiger charge is 1.99. The summed E-state index contributed by atoms with van der Waals surface area (Å²) in [5, 5.41) is 0. The first kappa shape index (κ1) is 10.8. The minimum absolute atomic E-state index is 0.340. The van der Waals surface area contributed by atoms with Gasteiger partial charge in [0.2, 0.25) is 0 Å². The van der Waals surface area contributed by atoms with Crippen molar-refractivity contribution >= 4 is 6.16 Å². The standard InChI is InChI=1S/C9H13O3/c1-3-5-6-7-8-12-9(10)11-4-2/h4-8H2,2H3. The van der Waals surface area contributed by atoms with Gasteiger partial charge in [0.1, 0.15) is 0 Å². The third-order valence-corrected chi connectivity index (χ3v) is 1.18. The first-order chi connectivity index (χ1) is 5.81. The zero-order valence-corrected chi connectivity index (χ0v) is 7.26. The molecule has 0 heterocycles. The van der Waals surface area contributed by atoms with Gasteiger partial charge in [0.25, 0.3) is 0 Å². The van der Waals surface area contributed by atoms with Crippen molar-refractivity contribution in [3.63, 3.8) is 0 Å². The smallest absolute Gasteiger partial charge is 0.435 e. The van der Waals surface area contributed by atoms with E-state index in [0.29, 0.717) is 19.6 Å². The Kier molecular flexibility index (Phi) is 7.16. The zero-order valence-electron chi connectivity index (χ0n) is 7.26. The highest BCUT2D eigenvalue weighted by atomic mass is 16.7. The topological polar surface area (TPSA) is 35.5 Å². The third kappa shape index (κ3) is 6.94. The fourth-order valence-electron chi connectivity index (χ4n) is 0.630. The van der Waals surface area contributed by atoms with Gasteiger partial charge >= 0.3 is 6.16 Å². The molecule has 67 valence electrons. The minimum Gasteiger partial charge on any atom is -0.435 e. The van der Waals surface area contributed by atoms with E-state index in [1.54, 1.807) is 6.92 Å². The van der Waals surface area contributed by atoms with Crippen LogP contribution in [0.2, 0.25) is 0 Å². The van der Waals surface area contributed by atoms with Gasteiger partial charge in [-0.25, -0.2) is 4.79 Å². The molecule has 3 heteroatoms. The predicted octanol–water partition coefficient (Wildman–Crippen LogP) is 1.92. The van der Waals surface area contributed by atoms with Gasteiger partial charge in [0.05, 0.1) is 13.2 Å². The van der Waals surface area contributed by atoms with Crippen molar-refractivity contribution in [1.29, 1.82) is 0 Å². The van der Waals surface area contributed by atoms with Crippen LogP contribution in [0.4, 0.5) is 4.79 Å². The molecule has 0 N–H and O–H groups in total. The van der Waals surface area contributed by atoms with Crippen molar-refractivity contribution in [3.8, 4) is 5.92 Å². The molecule has 0 aromatic heterocycles. The molecule has 0 spiro atoms. The maximum atomic E-state index is 10.6. The van der Waals surface area contributed by atoms with Gasteiger partial charge in [-0.2, -0.15) is 0 Å². The fourth-order valence-corrected chi connectivity index (χ4v) is 0.630. The molecule has 0 unspecified atom stereocenters. The van der Waals surface area contributed by atoms with E-state index < -0.39 is 6.16 Å². The van der Waals surface area contributed by atoms with E-state index in [0.717, 1.165) is 12.8 Å². The van der Waals surface area contributed by atoms with E-state index in [-0.39, 0.29) is 0 Å². The Morgan fingerprint density at radius 1 is 1.42 bits per heavy atom. The minimum atomic E-state index is -0.615. The molecule has 12 heavy (non-hydrogen) atoms. The Morgan fingerprint density at radius 3 is 2.75 bits per heavy atom. The summed E-state index contributed by atoms with van der Waals surface area (Å²) >= 11 is 0. The van der Waals surface area contributed by atoms with Crippen LogP contribution >= 0.6 is 0 Å². The van der Waals surface area contributed by atoms with Gasteiger partial charge in [-0.05, 0) is 26.2 Å². The molecule has 0 rings (SSSR count). The quantitative estimate of drug-likeness (QED) is 0.358. The van der Waals surface area contributed by atoms with Crippen LogP contribution in [0.15, 0.2) is 0 Å². The molecule has 0 fully saturated rings. The molecule has 0 saturated heterocycles. The van der Waals surface area contributed by atoms with Gasteiger partial charge in [0.15, 0.2) is 0 Å². The molecule has 0 aromatic rings. The van der Waals surface area contributed by atoms with Gasteiger partial charge in [0, 0.05) is 6.42 Å². The highest BCUT2D eigenvalue weighted by molar-refractivity contribution is 5.59. The molecular weight excluding hydrogens is 156 g/mol. The number of hydrogen-bond acceptors (Lipinski definition) is 3. The van der Waals surface area contributed by atoms with Crippen LogP contribution in [0.3, 0.4) is 0 Å². The second-order valence-electron chi connectivity index (χ2n) is 2.17. The molecule has 0 aromatic carbocycles. The van der Waals surface area contributed by atoms with Crippen molar-refractivity contribution in [1.82, 2.24) is 0 Å². The van der Waals surface area contributed by atoms with E-state index in [4.69, 9.17) is 6.42 Å². The molecule has 0 atom stereocenters. The molecule has 0 saturated carbocycles. The Labute approximate surface area is 73.0 Å². The Balaban J connectivity index is 3.09. The number of hydrogen-bond donors (Lipinski definition) is 0. The van der Waals surface area contributed by atoms with Crippen LogP contribution in [0.25, 0.3) is 0 Å². The molecule has 0 aliphatic rings. The maximum absolute atomic E-state index is 10.6. The summed E-state index contributed by atoms with van der Waals surface area (Å²) in [5.41, 5.74) is 0. The highest BCUT2D eigenvalue weighted by Crippen LogP contribution is 1.95. The summed E-state index contributed by atoms with van der Waals surface area (Å²) in [6.45, 7) is 2.43. The molecule has 0 aliphatic heterocycles. The van der Waals surface area contributed by atoms with Crippen molar-refractivity contribution in [2.45, 2.75) is 26.2 Å². The van der Waals surface area contributed by atoms with Crippen molar-refractivity contribution < 1.29 is 14.3 Å². The van der Waals surface area contributed by atoms with Crippen LogP contribution < -0.4 is 0 Å². The fraction of sp³-hybridized carbons (Fsp3) is 0.667. The van der Waals surface area contributed by atoms with Gasteiger partial charge < -0.3 is 9.47 Å². The molecule has 0 aliphatic carbocycles. The lowest BCUT2D eigenvalue weighted by molar-refractivity contribution is 0.0580. The monoisotopic (exact) mass is 169 g/mol. The Morgan fingerprint density at radius 2 is 2.17 bits per heavy atom. The first-order valence-corrected chi connectivity index (χ1v) is 4.00. The second-order valence-corrected chi connectivity index (χ2v) is 2.17. The van der Waals surface area contributed by atoms with Crippen molar-refractivity contribution in [2.24, 2.45) is 0 Å². The number of carbonyl (C=O) groups is 1. The van der Waals surface area contributed by atoms with Crippen LogP contribution in [0, 0.1) is 12.3 Å². The zero-order chi connectivity index (χ0) is 9.23. The van der Waals surface area contributed by atoms with Crippen LogP contribution in [-0.4, -0.2) is 19.4 Å². The van der Waals surface area contributed by atoms with Crippen LogP contribution in [-0.2, 0) is 9.47 Å². The number of rotatable bonds is 5. The molecule has 0 amide bonds. The largest absolute Gasteiger partial charge is 0.508 e. The molecule has 1 radical (unpaired) electrons. The normalized spacial score (nSPS) is 8.67. The summed E-state index contributed by atoms with van der Waals surface area (Å²) in [6, 6.07) is 0. The SMILES string of the molecule is [C]#CCCCCOC(=O)OCC. The average molecular weight is 169 g/mol. The van der Waals surface area contributed by atoms with E-state index in [1.165, 1.54) is 0 Å².